The van der Waals surface area contributed by atoms with Gasteiger partial charge in [0.15, 0.2) is 5.78 Å². The lowest BCUT2D eigenvalue weighted by Gasteiger charge is -2.08. The maximum Gasteiger partial charge on any atom is 0.251 e. The highest BCUT2D eigenvalue weighted by molar-refractivity contribution is 6.00. The first-order chi connectivity index (χ1) is 7.58. The Morgan fingerprint density at radius 2 is 1.81 bits per heavy atom. The number of ketones is 1. The number of hydrogen-bond acceptors (Lipinski definition) is 3. The predicted molar refractivity (Wildman–Crippen MR) is 64.0 cm³/mol. The Hall–Kier alpha value is -1.84. The number of carbonyl (C=O) groups excluding carboxylic acids is 2. The molecule has 1 aromatic carbocycles. The van der Waals surface area contributed by atoms with Crippen LogP contribution in [0.15, 0.2) is 18.2 Å². The van der Waals surface area contributed by atoms with Crippen LogP contribution in [0.25, 0.3) is 0 Å². The molecule has 1 aromatic rings. The molecule has 2 N–H and O–H groups in total. The fraction of sp³-hybridized carbons (Fsp3) is 0.333. The van der Waals surface area contributed by atoms with Crippen LogP contribution >= 0.6 is 0 Å². The normalized spacial score (nSPS) is 9.69. The van der Waals surface area contributed by atoms with Crippen molar-refractivity contribution in [3.8, 4) is 0 Å². The molecule has 0 heterocycles. The standard InChI is InChI=1S/C12H16N2O2/c1-4-14-11-6-9(8(2)15)5-10(7-11)12(16)13-3/h5-7,14H,4H2,1-3H3,(H,13,16). The molecule has 0 aliphatic carbocycles. The van der Waals surface area contributed by atoms with E-state index in [1.807, 2.05) is 6.92 Å². The van der Waals surface area contributed by atoms with Crippen molar-refractivity contribution < 1.29 is 9.59 Å². The summed E-state index contributed by atoms with van der Waals surface area (Å²) in [5.74, 6) is -0.243. The first kappa shape index (κ1) is 12.2. The van der Waals surface area contributed by atoms with Gasteiger partial charge in [0.05, 0.1) is 0 Å². The lowest BCUT2D eigenvalue weighted by Crippen LogP contribution is -2.18. The van der Waals surface area contributed by atoms with E-state index >= 15 is 0 Å². The number of carbonyl (C=O) groups is 2. The van der Waals surface area contributed by atoms with Gasteiger partial charge < -0.3 is 10.6 Å². The second-order valence-corrected chi connectivity index (χ2v) is 3.46. The number of hydrogen-bond donors (Lipinski definition) is 2. The van der Waals surface area contributed by atoms with Crippen molar-refractivity contribution in [1.82, 2.24) is 5.32 Å². The molecule has 0 fully saturated rings. The third kappa shape index (κ3) is 2.82. The first-order valence-electron chi connectivity index (χ1n) is 5.20. The molecule has 86 valence electrons. The van der Waals surface area contributed by atoms with Crippen molar-refractivity contribution >= 4 is 17.4 Å². The van der Waals surface area contributed by atoms with Gasteiger partial charge in [0.2, 0.25) is 0 Å². The zero-order valence-corrected chi connectivity index (χ0v) is 9.76. The summed E-state index contributed by atoms with van der Waals surface area (Å²) in [5, 5.41) is 5.63. The highest BCUT2D eigenvalue weighted by Crippen LogP contribution is 2.15. The van der Waals surface area contributed by atoms with Gasteiger partial charge in [-0.2, -0.15) is 0 Å². The Morgan fingerprint density at radius 3 is 2.31 bits per heavy atom. The van der Waals surface area contributed by atoms with E-state index in [4.69, 9.17) is 0 Å². The third-order valence-electron chi connectivity index (χ3n) is 2.21. The zero-order chi connectivity index (χ0) is 12.1. The molecule has 0 atom stereocenters. The highest BCUT2D eigenvalue weighted by Gasteiger charge is 2.09. The average molecular weight is 220 g/mol. The fourth-order valence-corrected chi connectivity index (χ4v) is 1.41. The molecule has 16 heavy (non-hydrogen) atoms. The minimum absolute atomic E-state index is 0.0510. The molecule has 0 aromatic heterocycles. The highest BCUT2D eigenvalue weighted by atomic mass is 16.1. The Morgan fingerprint density at radius 1 is 1.19 bits per heavy atom. The van der Waals surface area contributed by atoms with Crippen molar-refractivity contribution in [3.05, 3.63) is 29.3 Å². The molecule has 4 nitrogen and oxygen atoms in total. The molecule has 4 heteroatoms. The quantitative estimate of drug-likeness (QED) is 0.759. The Kier molecular flexibility index (Phi) is 4.05. The lowest BCUT2D eigenvalue weighted by atomic mass is 10.1. The van der Waals surface area contributed by atoms with Gasteiger partial charge in [0.25, 0.3) is 5.91 Å². The molecule has 0 bridgehead atoms. The van der Waals surface area contributed by atoms with Crippen LogP contribution in [0.2, 0.25) is 0 Å². The van der Waals surface area contributed by atoms with Gasteiger partial charge in [0.1, 0.15) is 0 Å². The number of Topliss-reactive ketones (excluding diaryl/α,β-unsaturated/α-hetero) is 1. The molecule has 0 aliphatic heterocycles. The van der Waals surface area contributed by atoms with E-state index < -0.39 is 0 Å². The maximum absolute atomic E-state index is 11.5. The Bertz CT molecular complexity index is 413. The topological polar surface area (TPSA) is 58.2 Å². The van der Waals surface area contributed by atoms with Crippen molar-refractivity contribution in [3.63, 3.8) is 0 Å². The number of rotatable bonds is 4. The molecule has 0 aliphatic rings. The van der Waals surface area contributed by atoms with Gasteiger partial charge in [-0.3, -0.25) is 9.59 Å². The maximum atomic E-state index is 11.5. The number of nitrogens with one attached hydrogen (secondary N) is 2. The van der Waals surface area contributed by atoms with Gasteiger partial charge in [-0.25, -0.2) is 0 Å². The summed E-state index contributed by atoms with van der Waals surface area (Å²) >= 11 is 0. The van der Waals surface area contributed by atoms with Crippen LogP contribution in [0, 0.1) is 0 Å². The van der Waals surface area contributed by atoms with Crippen molar-refractivity contribution in [2.45, 2.75) is 13.8 Å². The van der Waals surface area contributed by atoms with Crippen molar-refractivity contribution in [2.24, 2.45) is 0 Å². The largest absolute Gasteiger partial charge is 0.385 e. The van der Waals surface area contributed by atoms with Crippen molar-refractivity contribution in [2.75, 3.05) is 18.9 Å². The van der Waals surface area contributed by atoms with E-state index in [0.717, 1.165) is 12.2 Å². The summed E-state index contributed by atoms with van der Waals surface area (Å²) in [5.41, 5.74) is 1.82. The third-order valence-corrected chi connectivity index (χ3v) is 2.21. The van der Waals surface area contributed by atoms with Crippen LogP contribution in [-0.2, 0) is 0 Å². The number of benzene rings is 1. The zero-order valence-electron chi connectivity index (χ0n) is 9.76. The van der Waals surface area contributed by atoms with Gasteiger partial charge in [-0.05, 0) is 32.0 Å². The minimum atomic E-state index is -0.192. The lowest BCUT2D eigenvalue weighted by molar-refractivity contribution is 0.0963. The summed E-state index contributed by atoms with van der Waals surface area (Å²) in [6.07, 6.45) is 0. The number of anilines is 1. The first-order valence-corrected chi connectivity index (χ1v) is 5.20. The van der Waals surface area contributed by atoms with Crippen LogP contribution in [-0.4, -0.2) is 25.3 Å². The van der Waals surface area contributed by atoms with E-state index in [9.17, 15) is 9.59 Å². The molecule has 0 saturated heterocycles. The Balaban J connectivity index is 3.18. The molecular weight excluding hydrogens is 204 g/mol. The summed E-state index contributed by atoms with van der Waals surface area (Å²) in [7, 11) is 1.57. The molecule has 1 amide bonds. The summed E-state index contributed by atoms with van der Waals surface area (Å²) < 4.78 is 0. The van der Waals surface area contributed by atoms with Crippen molar-refractivity contribution in [1.29, 1.82) is 0 Å². The summed E-state index contributed by atoms with van der Waals surface area (Å²) in [6.45, 7) is 4.19. The van der Waals surface area contributed by atoms with Crippen LogP contribution < -0.4 is 10.6 Å². The number of amides is 1. The summed E-state index contributed by atoms with van der Waals surface area (Å²) in [6, 6.07) is 5.08. The molecule has 0 radical (unpaired) electrons. The van der Waals surface area contributed by atoms with Crippen LogP contribution in [0.5, 0.6) is 0 Å². The fourth-order valence-electron chi connectivity index (χ4n) is 1.41. The van der Waals surface area contributed by atoms with Gasteiger partial charge in [-0.1, -0.05) is 0 Å². The van der Waals surface area contributed by atoms with Gasteiger partial charge in [-0.15, -0.1) is 0 Å². The SMILES string of the molecule is CCNc1cc(C(C)=O)cc(C(=O)NC)c1. The van der Waals surface area contributed by atoms with Crippen LogP contribution in [0.4, 0.5) is 5.69 Å². The molecule has 0 spiro atoms. The summed E-state index contributed by atoms with van der Waals surface area (Å²) in [4.78, 5) is 22.8. The van der Waals surface area contributed by atoms with E-state index in [-0.39, 0.29) is 11.7 Å². The second-order valence-electron chi connectivity index (χ2n) is 3.46. The molecule has 0 saturated carbocycles. The average Bonchev–Trinajstić information content (AvgIpc) is 2.28. The smallest absolute Gasteiger partial charge is 0.251 e. The molecular formula is C12H16N2O2. The van der Waals surface area contributed by atoms with Crippen LogP contribution in [0.1, 0.15) is 34.6 Å². The molecule has 1 rings (SSSR count). The monoisotopic (exact) mass is 220 g/mol. The van der Waals surface area contributed by atoms with E-state index in [0.29, 0.717) is 11.1 Å². The van der Waals surface area contributed by atoms with Gasteiger partial charge >= 0.3 is 0 Å². The van der Waals surface area contributed by atoms with E-state index in [1.165, 1.54) is 6.92 Å². The Labute approximate surface area is 95.0 Å². The van der Waals surface area contributed by atoms with Crippen LogP contribution in [0.3, 0.4) is 0 Å². The molecule has 0 unspecified atom stereocenters. The predicted octanol–water partition coefficient (Wildman–Crippen LogP) is 1.68. The van der Waals surface area contributed by atoms with E-state index in [2.05, 4.69) is 10.6 Å². The van der Waals surface area contributed by atoms with Gasteiger partial charge in [0, 0.05) is 30.4 Å². The van der Waals surface area contributed by atoms with E-state index in [1.54, 1.807) is 25.2 Å². The second kappa shape index (κ2) is 5.30. The minimum Gasteiger partial charge on any atom is -0.385 e.